The smallest absolute Gasteiger partial charge is 0.235 e. The molecule has 3 aliphatic heterocycles. The predicted molar refractivity (Wildman–Crippen MR) is 42.6 cm³/mol. The molecule has 2 saturated heterocycles. The summed E-state index contributed by atoms with van der Waals surface area (Å²) in [6, 6.07) is 0. The zero-order chi connectivity index (χ0) is 9.16. The molecule has 0 radical (unpaired) electrons. The number of fused-ring (bicyclic) bond motifs is 5. The van der Waals surface area contributed by atoms with Crippen molar-refractivity contribution in [3.05, 3.63) is 12.2 Å². The number of nitrogens with zero attached hydrogens (tertiary/aromatic N) is 1. The molecule has 3 heterocycles. The van der Waals surface area contributed by atoms with Crippen LogP contribution >= 0.6 is 0 Å². The van der Waals surface area contributed by atoms with Crippen molar-refractivity contribution < 1.29 is 14.3 Å². The minimum Gasteiger partial charge on any atom is -0.365 e. The first kappa shape index (κ1) is 7.26. The van der Waals surface area contributed by atoms with Gasteiger partial charge in [0.15, 0.2) is 0 Å². The summed E-state index contributed by atoms with van der Waals surface area (Å²) in [7, 11) is 1.54. The third kappa shape index (κ3) is 0.659. The van der Waals surface area contributed by atoms with E-state index in [4.69, 9.17) is 4.74 Å². The van der Waals surface area contributed by atoms with E-state index in [0.29, 0.717) is 0 Å². The van der Waals surface area contributed by atoms with Gasteiger partial charge in [0, 0.05) is 7.05 Å². The molecule has 13 heavy (non-hydrogen) atoms. The number of hydrogen-bond donors (Lipinski definition) is 0. The number of likely N-dealkylation sites (tertiary alicyclic amines) is 1. The van der Waals surface area contributed by atoms with Crippen molar-refractivity contribution >= 4 is 11.8 Å². The first-order valence-corrected chi connectivity index (χ1v) is 4.35. The summed E-state index contributed by atoms with van der Waals surface area (Å²) in [5, 5.41) is 0. The van der Waals surface area contributed by atoms with Gasteiger partial charge in [-0.2, -0.15) is 0 Å². The second kappa shape index (κ2) is 2.01. The van der Waals surface area contributed by atoms with Crippen molar-refractivity contribution in [3.8, 4) is 0 Å². The number of carbonyl (C=O) groups excluding carboxylic acids is 2. The molecular weight excluding hydrogens is 170 g/mol. The third-order valence-corrected chi connectivity index (χ3v) is 3.13. The van der Waals surface area contributed by atoms with Crippen LogP contribution in [0.2, 0.25) is 0 Å². The molecular formula is C9H9NO3. The van der Waals surface area contributed by atoms with E-state index in [1.54, 1.807) is 7.05 Å². The molecule has 68 valence electrons. The Labute approximate surface area is 75.1 Å². The Morgan fingerprint density at radius 2 is 1.62 bits per heavy atom. The maximum absolute atomic E-state index is 11.6. The van der Waals surface area contributed by atoms with Crippen LogP contribution in [0.5, 0.6) is 0 Å². The highest BCUT2D eigenvalue weighted by Crippen LogP contribution is 2.44. The fraction of sp³-hybridized carbons (Fsp3) is 0.556. The number of imide groups is 1. The zero-order valence-corrected chi connectivity index (χ0v) is 7.14. The van der Waals surface area contributed by atoms with Crippen LogP contribution in [0.1, 0.15) is 0 Å². The lowest BCUT2D eigenvalue weighted by molar-refractivity contribution is -0.140. The monoisotopic (exact) mass is 179 g/mol. The summed E-state index contributed by atoms with van der Waals surface area (Å²) in [6.07, 6.45) is 3.46. The molecule has 2 amide bonds. The molecule has 0 saturated carbocycles. The van der Waals surface area contributed by atoms with Gasteiger partial charge >= 0.3 is 0 Å². The Morgan fingerprint density at radius 3 is 2.08 bits per heavy atom. The number of hydrogen-bond acceptors (Lipinski definition) is 3. The molecule has 3 aliphatic rings. The Balaban J connectivity index is 2.08. The molecule has 4 atom stereocenters. The minimum absolute atomic E-state index is 0.0909. The average molecular weight is 179 g/mol. The highest BCUT2D eigenvalue weighted by Gasteiger charge is 2.59. The molecule has 2 fully saturated rings. The molecule has 0 aromatic heterocycles. The van der Waals surface area contributed by atoms with Gasteiger partial charge in [-0.05, 0) is 0 Å². The van der Waals surface area contributed by atoms with Crippen molar-refractivity contribution in [2.24, 2.45) is 11.8 Å². The van der Waals surface area contributed by atoms with Crippen molar-refractivity contribution in [2.75, 3.05) is 7.05 Å². The summed E-state index contributed by atoms with van der Waals surface area (Å²) in [5.41, 5.74) is 0. The van der Waals surface area contributed by atoms with Gasteiger partial charge in [-0.1, -0.05) is 12.2 Å². The number of amides is 2. The van der Waals surface area contributed by atoms with Gasteiger partial charge < -0.3 is 4.74 Å². The van der Waals surface area contributed by atoms with E-state index in [1.165, 1.54) is 4.90 Å². The molecule has 2 bridgehead atoms. The standard InChI is InChI=1S/C9H9NO3/c1-10-8(11)6-4-2-3-5(13-4)7(6)9(10)12/h2-7H,1H3/t4-,5+,6-,7+. The van der Waals surface area contributed by atoms with Crippen LogP contribution in [0.25, 0.3) is 0 Å². The molecule has 0 unspecified atom stereocenters. The molecule has 0 aromatic rings. The largest absolute Gasteiger partial charge is 0.365 e. The lowest BCUT2D eigenvalue weighted by Crippen LogP contribution is -2.30. The second-order valence-corrected chi connectivity index (χ2v) is 3.74. The van der Waals surface area contributed by atoms with E-state index in [0.717, 1.165) is 0 Å². The molecule has 3 rings (SSSR count). The quantitative estimate of drug-likeness (QED) is 0.374. The Bertz CT molecular complexity index is 306. The third-order valence-electron chi connectivity index (χ3n) is 3.13. The van der Waals surface area contributed by atoms with Crippen molar-refractivity contribution in [1.29, 1.82) is 0 Å². The van der Waals surface area contributed by atoms with Gasteiger partial charge in [0.1, 0.15) is 0 Å². The van der Waals surface area contributed by atoms with Gasteiger partial charge in [-0.3, -0.25) is 14.5 Å². The molecule has 4 heteroatoms. The first-order chi connectivity index (χ1) is 6.20. The molecule has 0 aliphatic carbocycles. The number of rotatable bonds is 0. The molecule has 4 nitrogen and oxygen atoms in total. The van der Waals surface area contributed by atoms with E-state index >= 15 is 0 Å². The summed E-state index contributed by atoms with van der Waals surface area (Å²) >= 11 is 0. The fourth-order valence-corrected chi connectivity index (χ4v) is 2.45. The van der Waals surface area contributed by atoms with Gasteiger partial charge in [0.05, 0.1) is 24.0 Å². The lowest BCUT2D eigenvalue weighted by Gasteiger charge is -2.10. The van der Waals surface area contributed by atoms with E-state index in [-0.39, 0.29) is 35.9 Å². The highest BCUT2D eigenvalue weighted by atomic mass is 16.5. The van der Waals surface area contributed by atoms with Crippen LogP contribution in [0.15, 0.2) is 12.2 Å². The topological polar surface area (TPSA) is 46.6 Å². The maximum atomic E-state index is 11.6. The Hall–Kier alpha value is -1.16. The van der Waals surface area contributed by atoms with Crippen molar-refractivity contribution in [2.45, 2.75) is 12.2 Å². The molecule has 0 N–H and O–H groups in total. The van der Waals surface area contributed by atoms with Crippen LogP contribution < -0.4 is 0 Å². The Morgan fingerprint density at radius 1 is 1.15 bits per heavy atom. The summed E-state index contributed by atoms with van der Waals surface area (Å²) in [5.74, 6) is -0.668. The minimum atomic E-state index is -0.243. The van der Waals surface area contributed by atoms with Gasteiger partial charge in [0.2, 0.25) is 11.8 Å². The van der Waals surface area contributed by atoms with Gasteiger partial charge in [-0.25, -0.2) is 0 Å². The van der Waals surface area contributed by atoms with Crippen molar-refractivity contribution in [1.82, 2.24) is 4.90 Å². The molecule has 0 spiro atoms. The maximum Gasteiger partial charge on any atom is 0.235 e. The fourth-order valence-electron chi connectivity index (χ4n) is 2.45. The van der Waals surface area contributed by atoms with Crippen LogP contribution in [-0.2, 0) is 14.3 Å². The summed E-state index contributed by atoms with van der Waals surface area (Å²) < 4.78 is 5.45. The van der Waals surface area contributed by atoms with E-state index in [9.17, 15) is 9.59 Å². The zero-order valence-electron chi connectivity index (χ0n) is 7.14. The van der Waals surface area contributed by atoms with E-state index in [2.05, 4.69) is 0 Å². The second-order valence-electron chi connectivity index (χ2n) is 3.74. The highest BCUT2D eigenvalue weighted by molar-refractivity contribution is 6.06. The SMILES string of the molecule is CN1C(=O)[C@@H]2[C@H](C1=O)[C@H]1C=C[C@@H]2O1. The predicted octanol–water partition coefficient (Wildman–Crippen LogP) is -0.445. The van der Waals surface area contributed by atoms with E-state index < -0.39 is 0 Å². The van der Waals surface area contributed by atoms with Crippen molar-refractivity contribution in [3.63, 3.8) is 0 Å². The summed E-state index contributed by atoms with van der Waals surface area (Å²) in [6.45, 7) is 0. The van der Waals surface area contributed by atoms with Crippen LogP contribution in [0, 0.1) is 11.8 Å². The number of carbonyl (C=O) groups is 2. The summed E-state index contributed by atoms with van der Waals surface area (Å²) in [4.78, 5) is 24.4. The normalized spacial score (nSPS) is 46.4. The number of ether oxygens (including phenoxy) is 1. The molecule has 0 aromatic carbocycles. The van der Waals surface area contributed by atoms with E-state index in [1.807, 2.05) is 12.2 Å². The Kier molecular flexibility index (Phi) is 1.12. The van der Waals surface area contributed by atoms with Crippen LogP contribution in [0.3, 0.4) is 0 Å². The van der Waals surface area contributed by atoms with Gasteiger partial charge in [-0.15, -0.1) is 0 Å². The lowest BCUT2D eigenvalue weighted by atomic mass is 9.85. The average Bonchev–Trinajstić information content (AvgIpc) is 2.76. The first-order valence-electron chi connectivity index (χ1n) is 4.35. The van der Waals surface area contributed by atoms with Crippen LogP contribution in [-0.4, -0.2) is 36.0 Å². The van der Waals surface area contributed by atoms with Crippen LogP contribution in [0.4, 0.5) is 0 Å². The van der Waals surface area contributed by atoms with Gasteiger partial charge in [0.25, 0.3) is 0 Å².